The van der Waals surface area contributed by atoms with Gasteiger partial charge in [-0.2, -0.15) is 0 Å². The number of methoxy groups -OCH3 is 1. The van der Waals surface area contributed by atoms with Crippen molar-refractivity contribution >= 4 is 5.97 Å². The van der Waals surface area contributed by atoms with Crippen molar-refractivity contribution < 1.29 is 14.6 Å². The van der Waals surface area contributed by atoms with Crippen molar-refractivity contribution in [3.63, 3.8) is 0 Å². The maximum absolute atomic E-state index is 11.0. The van der Waals surface area contributed by atoms with E-state index in [0.29, 0.717) is 12.3 Å². The molecule has 1 N–H and O–H groups in total. The Morgan fingerprint density at radius 2 is 2.12 bits per heavy atom. The van der Waals surface area contributed by atoms with Gasteiger partial charge in [0.25, 0.3) is 0 Å². The lowest BCUT2D eigenvalue weighted by atomic mass is 9.93. The molecule has 1 unspecified atom stereocenters. The molecule has 4 heteroatoms. The molecule has 1 aliphatic rings. The van der Waals surface area contributed by atoms with Crippen molar-refractivity contribution in [3.8, 4) is 0 Å². The molecular formula is C12H23NO3. The lowest BCUT2D eigenvalue weighted by molar-refractivity contribution is -0.144. The number of hydrogen-bond acceptors (Lipinski definition) is 3. The second-order valence-electron chi connectivity index (χ2n) is 4.52. The third-order valence-corrected chi connectivity index (χ3v) is 3.49. The first-order valence-corrected chi connectivity index (χ1v) is 6.14. The quantitative estimate of drug-likeness (QED) is 0.751. The molecule has 16 heavy (non-hydrogen) atoms. The number of carbonyl (C=O) groups is 1. The van der Waals surface area contributed by atoms with E-state index in [1.165, 1.54) is 0 Å². The van der Waals surface area contributed by atoms with Crippen LogP contribution in [0.1, 0.15) is 32.6 Å². The zero-order valence-electron chi connectivity index (χ0n) is 10.3. The molecule has 0 saturated carbocycles. The Labute approximate surface area is 97.6 Å². The van der Waals surface area contributed by atoms with Crippen molar-refractivity contribution in [2.45, 2.75) is 38.6 Å². The van der Waals surface area contributed by atoms with Gasteiger partial charge in [-0.1, -0.05) is 6.92 Å². The Bertz CT molecular complexity index is 212. The summed E-state index contributed by atoms with van der Waals surface area (Å²) >= 11 is 0. The summed E-state index contributed by atoms with van der Waals surface area (Å²) in [4.78, 5) is 13.1. The van der Waals surface area contributed by atoms with E-state index in [1.54, 1.807) is 7.11 Å². The van der Waals surface area contributed by atoms with Crippen LogP contribution in [0.3, 0.4) is 0 Å². The molecule has 0 aliphatic carbocycles. The van der Waals surface area contributed by atoms with E-state index in [-0.39, 0.29) is 6.04 Å². The van der Waals surface area contributed by atoms with E-state index >= 15 is 0 Å². The summed E-state index contributed by atoms with van der Waals surface area (Å²) in [5.41, 5.74) is 0. The number of ether oxygens (including phenoxy) is 1. The van der Waals surface area contributed by atoms with E-state index in [9.17, 15) is 4.79 Å². The summed E-state index contributed by atoms with van der Waals surface area (Å²) in [6.07, 6.45) is 4.01. The molecule has 0 amide bonds. The van der Waals surface area contributed by atoms with Gasteiger partial charge in [0.1, 0.15) is 6.04 Å². The molecule has 0 spiro atoms. The summed E-state index contributed by atoms with van der Waals surface area (Å²) in [6.45, 7) is 4.59. The highest BCUT2D eigenvalue weighted by Crippen LogP contribution is 2.22. The van der Waals surface area contributed by atoms with Gasteiger partial charge in [0.15, 0.2) is 0 Å². The minimum atomic E-state index is -0.683. The molecule has 0 aromatic carbocycles. The smallest absolute Gasteiger partial charge is 0.320 e. The number of hydrogen-bond donors (Lipinski definition) is 1. The summed E-state index contributed by atoms with van der Waals surface area (Å²) in [7, 11) is 1.73. The Hall–Kier alpha value is -0.610. The van der Waals surface area contributed by atoms with E-state index < -0.39 is 5.97 Å². The second-order valence-corrected chi connectivity index (χ2v) is 4.52. The Morgan fingerprint density at radius 3 is 2.56 bits per heavy atom. The third-order valence-electron chi connectivity index (χ3n) is 3.49. The van der Waals surface area contributed by atoms with E-state index in [0.717, 1.165) is 39.0 Å². The average molecular weight is 229 g/mol. The largest absolute Gasteiger partial charge is 0.480 e. The van der Waals surface area contributed by atoms with Crippen LogP contribution in [-0.4, -0.2) is 48.8 Å². The van der Waals surface area contributed by atoms with Gasteiger partial charge < -0.3 is 9.84 Å². The SMILES string of the molecule is CCC(C(=O)O)N1CCC(CCOC)CC1. The second kappa shape index (κ2) is 6.86. The molecule has 4 nitrogen and oxygen atoms in total. The number of rotatable bonds is 6. The van der Waals surface area contributed by atoms with Crippen LogP contribution in [-0.2, 0) is 9.53 Å². The molecule has 0 aromatic heterocycles. The van der Waals surface area contributed by atoms with Crippen LogP contribution < -0.4 is 0 Å². The van der Waals surface area contributed by atoms with Crippen LogP contribution in [0.2, 0.25) is 0 Å². The molecule has 1 fully saturated rings. The van der Waals surface area contributed by atoms with Crippen molar-refractivity contribution in [2.75, 3.05) is 26.8 Å². The first-order valence-electron chi connectivity index (χ1n) is 6.14. The normalized spacial score (nSPS) is 20.9. The van der Waals surface area contributed by atoms with Crippen LogP contribution in [0.5, 0.6) is 0 Å². The number of piperidine rings is 1. The van der Waals surface area contributed by atoms with Gasteiger partial charge in [-0.3, -0.25) is 9.69 Å². The van der Waals surface area contributed by atoms with Crippen molar-refractivity contribution in [3.05, 3.63) is 0 Å². The van der Waals surface area contributed by atoms with Crippen LogP contribution in [0.25, 0.3) is 0 Å². The molecule has 0 radical (unpaired) electrons. The van der Waals surface area contributed by atoms with Crippen LogP contribution in [0, 0.1) is 5.92 Å². The first kappa shape index (κ1) is 13.5. The Morgan fingerprint density at radius 1 is 1.50 bits per heavy atom. The van der Waals surface area contributed by atoms with Gasteiger partial charge in [0.2, 0.25) is 0 Å². The standard InChI is InChI=1S/C12H23NO3/c1-3-11(12(14)15)13-7-4-10(5-8-13)6-9-16-2/h10-11H,3-9H2,1-2H3,(H,14,15). The maximum atomic E-state index is 11.0. The highest BCUT2D eigenvalue weighted by molar-refractivity contribution is 5.73. The minimum Gasteiger partial charge on any atom is -0.480 e. The predicted octanol–water partition coefficient (Wildman–Crippen LogP) is 1.60. The molecule has 1 atom stereocenters. The Kier molecular flexibility index (Phi) is 5.77. The third kappa shape index (κ3) is 3.76. The molecule has 1 aliphatic heterocycles. The zero-order chi connectivity index (χ0) is 12.0. The monoisotopic (exact) mass is 229 g/mol. The van der Waals surface area contributed by atoms with Crippen molar-refractivity contribution in [2.24, 2.45) is 5.92 Å². The van der Waals surface area contributed by atoms with E-state index in [4.69, 9.17) is 9.84 Å². The minimum absolute atomic E-state index is 0.289. The van der Waals surface area contributed by atoms with Gasteiger partial charge in [0, 0.05) is 13.7 Å². The van der Waals surface area contributed by atoms with Crippen molar-refractivity contribution in [1.82, 2.24) is 4.90 Å². The average Bonchev–Trinajstić information content (AvgIpc) is 2.28. The number of carboxylic acids is 1. The summed E-state index contributed by atoms with van der Waals surface area (Å²) in [6, 6.07) is -0.289. The van der Waals surface area contributed by atoms with Crippen LogP contribution >= 0.6 is 0 Å². The molecular weight excluding hydrogens is 206 g/mol. The van der Waals surface area contributed by atoms with Gasteiger partial charge in [-0.25, -0.2) is 0 Å². The van der Waals surface area contributed by atoms with Crippen LogP contribution in [0.4, 0.5) is 0 Å². The highest BCUT2D eigenvalue weighted by Gasteiger charge is 2.27. The van der Waals surface area contributed by atoms with Gasteiger partial charge in [-0.05, 0) is 44.7 Å². The number of carboxylic acid groups (broad SMARTS) is 1. The molecule has 1 heterocycles. The zero-order valence-corrected chi connectivity index (χ0v) is 10.3. The fourth-order valence-corrected chi connectivity index (χ4v) is 2.43. The fourth-order valence-electron chi connectivity index (χ4n) is 2.43. The number of likely N-dealkylation sites (tertiary alicyclic amines) is 1. The van der Waals surface area contributed by atoms with E-state index in [1.807, 2.05) is 6.92 Å². The van der Waals surface area contributed by atoms with Crippen molar-refractivity contribution in [1.29, 1.82) is 0 Å². The highest BCUT2D eigenvalue weighted by atomic mass is 16.5. The molecule has 0 bridgehead atoms. The topological polar surface area (TPSA) is 49.8 Å². The van der Waals surface area contributed by atoms with E-state index in [2.05, 4.69) is 4.90 Å². The summed E-state index contributed by atoms with van der Waals surface area (Å²) in [5, 5.41) is 9.07. The Balaban J connectivity index is 2.33. The molecule has 94 valence electrons. The fraction of sp³-hybridized carbons (Fsp3) is 0.917. The molecule has 1 saturated heterocycles. The summed E-state index contributed by atoms with van der Waals surface area (Å²) < 4.78 is 5.07. The molecule has 0 aromatic rings. The van der Waals surface area contributed by atoms with Crippen LogP contribution in [0.15, 0.2) is 0 Å². The lowest BCUT2D eigenvalue weighted by Crippen LogP contribution is -2.45. The first-order chi connectivity index (χ1) is 7.69. The number of aliphatic carboxylic acids is 1. The van der Waals surface area contributed by atoms with Gasteiger partial charge >= 0.3 is 5.97 Å². The number of nitrogens with zero attached hydrogens (tertiary/aromatic N) is 1. The van der Waals surface area contributed by atoms with Gasteiger partial charge in [-0.15, -0.1) is 0 Å². The predicted molar refractivity (Wildman–Crippen MR) is 62.5 cm³/mol. The molecule has 1 rings (SSSR count). The van der Waals surface area contributed by atoms with Gasteiger partial charge in [0.05, 0.1) is 0 Å². The maximum Gasteiger partial charge on any atom is 0.320 e. The lowest BCUT2D eigenvalue weighted by Gasteiger charge is -2.35. The summed E-state index contributed by atoms with van der Waals surface area (Å²) in [5.74, 6) is 0.0281.